The molecule has 0 spiro atoms. The van der Waals surface area contributed by atoms with Crippen molar-refractivity contribution in [3.63, 3.8) is 0 Å². The molecule has 1 N–H and O–H groups in total. The maximum atomic E-state index is 12.0. The first-order chi connectivity index (χ1) is 13.2. The average molecular weight is 366 g/mol. The normalized spacial score (nSPS) is 10.7. The van der Waals surface area contributed by atoms with E-state index in [9.17, 15) is 4.79 Å². The number of nitrogens with zero attached hydrogens (tertiary/aromatic N) is 5. The standard InChI is InChI=1S/C18H18N6O3/c1-26-15-9-8-14(16(10-15)27-2)11-19-20-17(25)12-24-22-18(21-23-24)13-6-4-3-5-7-13/h3-11H,12H2,1-2H3,(H,20,25)/b19-11+. The minimum atomic E-state index is -0.379. The molecule has 0 bridgehead atoms. The Hall–Kier alpha value is -3.75. The number of amides is 1. The Morgan fingerprint density at radius 3 is 2.74 bits per heavy atom. The quantitative estimate of drug-likeness (QED) is 0.502. The summed E-state index contributed by atoms with van der Waals surface area (Å²) in [6.07, 6.45) is 1.49. The number of rotatable bonds is 7. The predicted octanol–water partition coefficient (Wildman–Crippen LogP) is 1.51. The summed E-state index contributed by atoms with van der Waals surface area (Å²) < 4.78 is 10.4. The number of ether oxygens (including phenoxy) is 2. The molecular formula is C18H18N6O3. The smallest absolute Gasteiger partial charge is 0.263 e. The van der Waals surface area contributed by atoms with Gasteiger partial charge in [-0.25, -0.2) is 5.43 Å². The first-order valence-corrected chi connectivity index (χ1v) is 8.07. The molecule has 0 unspecified atom stereocenters. The van der Waals surface area contributed by atoms with Crippen molar-refractivity contribution in [2.24, 2.45) is 5.10 Å². The molecule has 0 radical (unpaired) electrons. The second-order valence-electron chi connectivity index (χ2n) is 5.41. The SMILES string of the molecule is COc1ccc(/C=N/NC(=O)Cn2nnc(-c3ccccc3)n2)c(OC)c1. The third-order valence-corrected chi connectivity index (χ3v) is 3.60. The Morgan fingerprint density at radius 1 is 1.19 bits per heavy atom. The van der Waals surface area contributed by atoms with Crippen LogP contribution >= 0.6 is 0 Å². The zero-order chi connectivity index (χ0) is 19.1. The molecule has 138 valence electrons. The Kier molecular flexibility index (Phi) is 5.73. The van der Waals surface area contributed by atoms with Crippen LogP contribution in [0, 0.1) is 0 Å². The molecule has 3 rings (SSSR count). The highest BCUT2D eigenvalue weighted by Crippen LogP contribution is 2.22. The largest absolute Gasteiger partial charge is 0.497 e. The van der Waals surface area contributed by atoms with Crippen molar-refractivity contribution in [1.82, 2.24) is 25.6 Å². The van der Waals surface area contributed by atoms with Gasteiger partial charge >= 0.3 is 0 Å². The van der Waals surface area contributed by atoms with E-state index in [0.29, 0.717) is 22.9 Å². The van der Waals surface area contributed by atoms with Crippen molar-refractivity contribution in [3.8, 4) is 22.9 Å². The zero-order valence-corrected chi connectivity index (χ0v) is 14.9. The molecule has 2 aromatic carbocycles. The van der Waals surface area contributed by atoms with Gasteiger partial charge in [0.15, 0.2) is 0 Å². The van der Waals surface area contributed by atoms with Gasteiger partial charge in [-0.3, -0.25) is 4.79 Å². The minimum Gasteiger partial charge on any atom is -0.497 e. The van der Waals surface area contributed by atoms with Crippen LogP contribution < -0.4 is 14.9 Å². The van der Waals surface area contributed by atoms with Gasteiger partial charge < -0.3 is 9.47 Å². The molecule has 9 heteroatoms. The molecule has 3 aromatic rings. The number of tetrazole rings is 1. The van der Waals surface area contributed by atoms with Gasteiger partial charge in [0.05, 0.1) is 20.4 Å². The lowest BCUT2D eigenvalue weighted by Crippen LogP contribution is -2.24. The lowest BCUT2D eigenvalue weighted by Gasteiger charge is -2.06. The molecule has 0 aliphatic rings. The van der Waals surface area contributed by atoms with Crippen molar-refractivity contribution in [3.05, 3.63) is 54.1 Å². The van der Waals surface area contributed by atoms with Gasteiger partial charge in [-0.15, -0.1) is 10.2 Å². The fourth-order valence-electron chi connectivity index (χ4n) is 2.28. The number of aromatic nitrogens is 4. The van der Waals surface area contributed by atoms with Crippen LogP contribution in [0.5, 0.6) is 11.5 Å². The lowest BCUT2D eigenvalue weighted by atomic mass is 10.2. The van der Waals surface area contributed by atoms with E-state index in [0.717, 1.165) is 5.56 Å². The number of hydrazone groups is 1. The molecule has 0 saturated heterocycles. The van der Waals surface area contributed by atoms with Crippen LogP contribution in [0.2, 0.25) is 0 Å². The minimum absolute atomic E-state index is 0.100. The summed E-state index contributed by atoms with van der Waals surface area (Å²) in [5, 5.41) is 15.9. The topological polar surface area (TPSA) is 104 Å². The van der Waals surface area contributed by atoms with E-state index in [2.05, 4.69) is 25.9 Å². The summed E-state index contributed by atoms with van der Waals surface area (Å²) in [5.41, 5.74) is 3.95. The van der Waals surface area contributed by atoms with E-state index in [1.807, 2.05) is 30.3 Å². The summed E-state index contributed by atoms with van der Waals surface area (Å²) in [5.74, 6) is 1.32. The molecule has 1 aromatic heterocycles. The van der Waals surface area contributed by atoms with Gasteiger partial charge in [-0.2, -0.15) is 9.90 Å². The Labute approximate surface area is 155 Å². The summed E-state index contributed by atoms with van der Waals surface area (Å²) >= 11 is 0. The Bertz CT molecular complexity index is 939. The van der Waals surface area contributed by atoms with E-state index in [1.54, 1.807) is 32.4 Å². The van der Waals surface area contributed by atoms with Crippen molar-refractivity contribution >= 4 is 12.1 Å². The highest BCUT2D eigenvalue weighted by molar-refractivity contribution is 5.85. The molecular weight excluding hydrogens is 348 g/mol. The number of carbonyl (C=O) groups is 1. The van der Waals surface area contributed by atoms with Gasteiger partial charge in [0.1, 0.15) is 18.0 Å². The summed E-state index contributed by atoms with van der Waals surface area (Å²) in [6.45, 7) is -0.100. The van der Waals surface area contributed by atoms with Crippen LogP contribution in [-0.4, -0.2) is 46.5 Å². The highest BCUT2D eigenvalue weighted by Gasteiger charge is 2.08. The maximum absolute atomic E-state index is 12.0. The van der Waals surface area contributed by atoms with E-state index < -0.39 is 0 Å². The average Bonchev–Trinajstić information content (AvgIpc) is 3.17. The number of hydrogen-bond donors (Lipinski definition) is 1. The molecule has 0 fully saturated rings. The molecule has 9 nitrogen and oxygen atoms in total. The van der Waals surface area contributed by atoms with Crippen LogP contribution in [0.1, 0.15) is 5.56 Å². The van der Waals surface area contributed by atoms with E-state index in [1.165, 1.54) is 11.0 Å². The molecule has 0 saturated carbocycles. The molecule has 27 heavy (non-hydrogen) atoms. The molecule has 1 heterocycles. The number of methoxy groups -OCH3 is 2. The number of benzene rings is 2. The molecule has 1 amide bonds. The van der Waals surface area contributed by atoms with Crippen molar-refractivity contribution < 1.29 is 14.3 Å². The van der Waals surface area contributed by atoms with Crippen molar-refractivity contribution in [1.29, 1.82) is 0 Å². The first-order valence-electron chi connectivity index (χ1n) is 8.07. The summed E-state index contributed by atoms with van der Waals surface area (Å²) in [4.78, 5) is 13.2. The molecule has 0 atom stereocenters. The van der Waals surface area contributed by atoms with Gasteiger partial charge in [0, 0.05) is 17.2 Å². The first kappa shape index (κ1) is 18.1. The van der Waals surface area contributed by atoms with Crippen LogP contribution in [0.25, 0.3) is 11.4 Å². The van der Waals surface area contributed by atoms with Gasteiger partial charge in [-0.1, -0.05) is 30.3 Å². The van der Waals surface area contributed by atoms with Crippen LogP contribution in [-0.2, 0) is 11.3 Å². The fraction of sp³-hybridized carbons (Fsp3) is 0.167. The molecule has 0 aliphatic heterocycles. The Morgan fingerprint density at radius 2 is 2.00 bits per heavy atom. The van der Waals surface area contributed by atoms with Gasteiger partial charge in [-0.05, 0) is 17.3 Å². The van der Waals surface area contributed by atoms with Crippen molar-refractivity contribution in [2.45, 2.75) is 6.54 Å². The van der Waals surface area contributed by atoms with Crippen LogP contribution in [0.4, 0.5) is 0 Å². The van der Waals surface area contributed by atoms with Crippen LogP contribution in [0.3, 0.4) is 0 Å². The van der Waals surface area contributed by atoms with Crippen molar-refractivity contribution in [2.75, 3.05) is 14.2 Å². The Balaban J connectivity index is 1.59. The van der Waals surface area contributed by atoms with E-state index >= 15 is 0 Å². The van der Waals surface area contributed by atoms with Gasteiger partial charge in [0.25, 0.3) is 5.91 Å². The highest BCUT2D eigenvalue weighted by atomic mass is 16.5. The monoisotopic (exact) mass is 366 g/mol. The maximum Gasteiger partial charge on any atom is 0.263 e. The van der Waals surface area contributed by atoms with E-state index in [-0.39, 0.29) is 12.5 Å². The van der Waals surface area contributed by atoms with E-state index in [4.69, 9.17) is 9.47 Å². The second-order valence-corrected chi connectivity index (χ2v) is 5.41. The number of carbonyl (C=O) groups excluding carboxylic acids is 1. The molecule has 0 aliphatic carbocycles. The summed E-state index contributed by atoms with van der Waals surface area (Å²) in [7, 11) is 3.12. The van der Waals surface area contributed by atoms with Gasteiger partial charge in [0.2, 0.25) is 5.82 Å². The van der Waals surface area contributed by atoms with Crippen LogP contribution in [0.15, 0.2) is 53.6 Å². The third kappa shape index (κ3) is 4.66. The predicted molar refractivity (Wildman–Crippen MR) is 98.5 cm³/mol. The summed E-state index contributed by atoms with van der Waals surface area (Å²) in [6, 6.07) is 14.7. The lowest BCUT2D eigenvalue weighted by molar-refractivity contribution is -0.122. The third-order valence-electron chi connectivity index (χ3n) is 3.60. The second kappa shape index (κ2) is 8.56. The zero-order valence-electron chi connectivity index (χ0n) is 14.9. The number of hydrogen-bond acceptors (Lipinski definition) is 7. The number of nitrogens with one attached hydrogen (secondary N) is 1. The fourth-order valence-corrected chi connectivity index (χ4v) is 2.28.